The van der Waals surface area contributed by atoms with E-state index < -0.39 is 0 Å². The highest BCUT2D eigenvalue weighted by molar-refractivity contribution is 4.92. The molecule has 0 aromatic carbocycles. The zero-order valence-corrected chi connectivity index (χ0v) is 12.7. The van der Waals surface area contributed by atoms with Gasteiger partial charge in [-0.3, -0.25) is 4.90 Å². The Kier molecular flexibility index (Phi) is 5.24. The Labute approximate surface area is 118 Å². The fourth-order valence-corrected chi connectivity index (χ4v) is 3.40. The third-order valence-corrected chi connectivity index (χ3v) is 4.73. The van der Waals surface area contributed by atoms with Gasteiger partial charge in [-0.25, -0.2) is 0 Å². The molecule has 0 N–H and O–H groups in total. The molecule has 0 spiro atoms. The average molecular weight is 263 g/mol. The lowest BCUT2D eigenvalue weighted by Crippen LogP contribution is -2.41. The quantitative estimate of drug-likeness (QED) is 0.764. The molecule has 1 atom stereocenters. The Morgan fingerprint density at radius 3 is 2.58 bits per heavy atom. The van der Waals surface area contributed by atoms with Crippen LogP contribution in [0.5, 0.6) is 0 Å². The van der Waals surface area contributed by atoms with Crippen molar-refractivity contribution in [3.8, 4) is 6.07 Å². The lowest BCUT2D eigenvalue weighted by atomic mass is 9.90. The minimum atomic E-state index is -0.147. The number of piperidine rings is 1. The maximum absolute atomic E-state index is 9.03. The predicted molar refractivity (Wildman–Crippen MR) is 78.9 cm³/mol. The molecule has 0 bridgehead atoms. The first kappa shape index (κ1) is 14.8. The molecule has 1 unspecified atom stereocenters. The summed E-state index contributed by atoms with van der Waals surface area (Å²) in [6.45, 7) is 10.4. The first-order valence-corrected chi connectivity index (χ1v) is 7.98. The van der Waals surface area contributed by atoms with Crippen LogP contribution in [0, 0.1) is 16.7 Å². The molecule has 2 saturated heterocycles. The van der Waals surface area contributed by atoms with E-state index in [0.29, 0.717) is 0 Å². The van der Waals surface area contributed by atoms with E-state index in [9.17, 15) is 0 Å². The molecule has 3 heteroatoms. The number of nitriles is 1. The van der Waals surface area contributed by atoms with Crippen LogP contribution < -0.4 is 0 Å². The van der Waals surface area contributed by atoms with Crippen molar-refractivity contribution in [2.24, 2.45) is 5.41 Å². The Morgan fingerprint density at radius 2 is 1.89 bits per heavy atom. The standard InChI is InChI=1S/C16H29N3/c1-16(2,14-17)8-6-9-18-12-7-15(13-18)19-10-4-3-5-11-19/h15H,3-13H2,1-2H3. The molecule has 19 heavy (non-hydrogen) atoms. The van der Waals surface area contributed by atoms with Crippen LogP contribution in [-0.4, -0.2) is 48.6 Å². The molecule has 2 heterocycles. The second-order valence-corrected chi connectivity index (χ2v) is 6.94. The highest BCUT2D eigenvalue weighted by Crippen LogP contribution is 2.23. The van der Waals surface area contributed by atoms with E-state index in [-0.39, 0.29) is 5.41 Å². The van der Waals surface area contributed by atoms with Gasteiger partial charge >= 0.3 is 0 Å². The average Bonchev–Trinajstić information content (AvgIpc) is 2.88. The molecular weight excluding hydrogens is 234 g/mol. The summed E-state index contributed by atoms with van der Waals surface area (Å²) in [7, 11) is 0. The van der Waals surface area contributed by atoms with Crippen LogP contribution >= 0.6 is 0 Å². The number of likely N-dealkylation sites (tertiary alicyclic amines) is 2. The van der Waals surface area contributed by atoms with E-state index in [1.165, 1.54) is 58.4 Å². The van der Waals surface area contributed by atoms with Crippen LogP contribution in [0.3, 0.4) is 0 Å². The molecule has 2 aliphatic heterocycles. The van der Waals surface area contributed by atoms with E-state index in [1.807, 2.05) is 13.8 Å². The van der Waals surface area contributed by atoms with Gasteiger partial charge in [-0.05, 0) is 72.1 Å². The van der Waals surface area contributed by atoms with Crippen LogP contribution in [0.2, 0.25) is 0 Å². The lowest BCUT2D eigenvalue weighted by Gasteiger charge is -2.32. The van der Waals surface area contributed by atoms with Crippen molar-refractivity contribution < 1.29 is 0 Å². The summed E-state index contributed by atoms with van der Waals surface area (Å²) in [5.41, 5.74) is -0.147. The summed E-state index contributed by atoms with van der Waals surface area (Å²) < 4.78 is 0. The second-order valence-electron chi connectivity index (χ2n) is 6.94. The summed E-state index contributed by atoms with van der Waals surface area (Å²) in [5, 5.41) is 9.03. The Bertz CT molecular complexity index is 312. The monoisotopic (exact) mass is 263 g/mol. The van der Waals surface area contributed by atoms with E-state index in [0.717, 1.165) is 18.9 Å². The van der Waals surface area contributed by atoms with Crippen molar-refractivity contribution in [2.45, 2.75) is 58.4 Å². The Morgan fingerprint density at radius 1 is 1.16 bits per heavy atom. The second kappa shape index (κ2) is 6.72. The van der Waals surface area contributed by atoms with Gasteiger partial charge in [-0.1, -0.05) is 6.42 Å². The summed E-state index contributed by atoms with van der Waals surface area (Å²) in [6, 6.07) is 3.21. The van der Waals surface area contributed by atoms with Crippen molar-refractivity contribution in [1.29, 1.82) is 5.26 Å². The fourth-order valence-electron chi connectivity index (χ4n) is 3.40. The first-order chi connectivity index (χ1) is 9.11. The van der Waals surface area contributed by atoms with Gasteiger partial charge in [0.15, 0.2) is 0 Å². The molecule has 0 radical (unpaired) electrons. The maximum Gasteiger partial charge on any atom is 0.0683 e. The smallest absolute Gasteiger partial charge is 0.0683 e. The molecule has 108 valence electrons. The van der Waals surface area contributed by atoms with E-state index in [4.69, 9.17) is 5.26 Å². The van der Waals surface area contributed by atoms with Crippen LogP contribution in [-0.2, 0) is 0 Å². The summed E-state index contributed by atoms with van der Waals surface area (Å²) in [5.74, 6) is 0. The SMILES string of the molecule is CC(C)(C#N)CCCN1CCC(N2CCCCC2)C1. The van der Waals surface area contributed by atoms with Crippen molar-refractivity contribution in [3.63, 3.8) is 0 Å². The molecule has 0 aromatic heterocycles. The lowest BCUT2D eigenvalue weighted by molar-refractivity contribution is 0.161. The molecule has 2 fully saturated rings. The van der Waals surface area contributed by atoms with E-state index in [1.54, 1.807) is 0 Å². The van der Waals surface area contributed by atoms with E-state index >= 15 is 0 Å². The Balaban J connectivity index is 1.66. The zero-order valence-electron chi connectivity index (χ0n) is 12.7. The largest absolute Gasteiger partial charge is 0.302 e. The van der Waals surface area contributed by atoms with Gasteiger partial charge in [-0.15, -0.1) is 0 Å². The van der Waals surface area contributed by atoms with Crippen LogP contribution in [0.15, 0.2) is 0 Å². The number of nitrogens with zero attached hydrogens (tertiary/aromatic N) is 3. The number of hydrogen-bond donors (Lipinski definition) is 0. The van der Waals surface area contributed by atoms with E-state index in [2.05, 4.69) is 15.9 Å². The molecule has 2 rings (SSSR count). The molecular formula is C16H29N3. The Hall–Kier alpha value is -0.590. The van der Waals surface area contributed by atoms with Crippen molar-refractivity contribution in [1.82, 2.24) is 9.80 Å². The van der Waals surface area contributed by atoms with Gasteiger partial charge in [0.1, 0.15) is 0 Å². The third kappa shape index (κ3) is 4.47. The molecule has 3 nitrogen and oxygen atoms in total. The summed E-state index contributed by atoms with van der Waals surface area (Å²) in [6.07, 6.45) is 7.75. The van der Waals surface area contributed by atoms with Crippen LogP contribution in [0.4, 0.5) is 0 Å². The van der Waals surface area contributed by atoms with Crippen molar-refractivity contribution in [3.05, 3.63) is 0 Å². The minimum Gasteiger partial charge on any atom is -0.302 e. The van der Waals surface area contributed by atoms with Crippen LogP contribution in [0.1, 0.15) is 52.4 Å². The normalized spacial score (nSPS) is 26.5. The van der Waals surface area contributed by atoms with Gasteiger partial charge in [0.2, 0.25) is 0 Å². The summed E-state index contributed by atoms with van der Waals surface area (Å²) >= 11 is 0. The predicted octanol–water partition coefficient (Wildman–Crippen LogP) is 2.88. The van der Waals surface area contributed by atoms with Crippen LogP contribution in [0.25, 0.3) is 0 Å². The maximum atomic E-state index is 9.03. The highest BCUT2D eigenvalue weighted by atomic mass is 15.3. The first-order valence-electron chi connectivity index (χ1n) is 7.98. The van der Waals surface area contributed by atoms with Gasteiger partial charge in [0, 0.05) is 12.6 Å². The molecule has 0 aliphatic carbocycles. The molecule has 0 saturated carbocycles. The zero-order chi connectivity index (χ0) is 13.7. The van der Waals surface area contributed by atoms with Gasteiger partial charge in [0.05, 0.1) is 11.5 Å². The van der Waals surface area contributed by atoms with Gasteiger partial charge in [0.25, 0.3) is 0 Å². The molecule has 0 aromatic rings. The van der Waals surface area contributed by atoms with Gasteiger partial charge in [-0.2, -0.15) is 5.26 Å². The number of hydrogen-bond acceptors (Lipinski definition) is 3. The fraction of sp³-hybridized carbons (Fsp3) is 0.938. The van der Waals surface area contributed by atoms with Crippen molar-refractivity contribution in [2.75, 3.05) is 32.7 Å². The van der Waals surface area contributed by atoms with Crippen molar-refractivity contribution >= 4 is 0 Å². The molecule has 2 aliphatic rings. The third-order valence-electron chi connectivity index (χ3n) is 4.73. The highest BCUT2D eigenvalue weighted by Gasteiger charge is 2.28. The minimum absolute atomic E-state index is 0.147. The molecule has 0 amide bonds. The van der Waals surface area contributed by atoms with Gasteiger partial charge < -0.3 is 4.90 Å². The topological polar surface area (TPSA) is 30.3 Å². The number of rotatable bonds is 5. The summed E-state index contributed by atoms with van der Waals surface area (Å²) in [4.78, 5) is 5.31.